The first-order chi connectivity index (χ1) is 4.87. The molecule has 10 heavy (non-hydrogen) atoms. The maximum atomic E-state index is 5.40. The Balaban J connectivity index is 2.27. The molecule has 0 aliphatic heterocycles. The van der Waals surface area contributed by atoms with Gasteiger partial charge in [0.2, 0.25) is 0 Å². The third-order valence-corrected chi connectivity index (χ3v) is 3.12. The maximum absolute atomic E-state index is 5.40. The van der Waals surface area contributed by atoms with Crippen LogP contribution in [0.3, 0.4) is 0 Å². The van der Waals surface area contributed by atoms with Crippen molar-refractivity contribution < 1.29 is 4.74 Å². The van der Waals surface area contributed by atoms with Crippen LogP contribution in [0.4, 0.5) is 0 Å². The van der Waals surface area contributed by atoms with Gasteiger partial charge in [0.15, 0.2) is 0 Å². The van der Waals surface area contributed by atoms with Crippen LogP contribution in [-0.4, -0.2) is 7.11 Å². The van der Waals surface area contributed by atoms with Crippen molar-refractivity contribution in [3.05, 3.63) is 22.4 Å². The number of hydrogen-bond donors (Lipinski definition) is 0. The fourth-order valence-electron chi connectivity index (χ4n) is 1.20. The van der Waals surface area contributed by atoms with Crippen LogP contribution in [0, 0.1) is 0 Å². The van der Waals surface area contributed by atoms with Gasteiger partial charge in [-0.1, -0.05) is 6.07 Å². The zero-order valence-electron chi connectivity index (χ0n) is 5.96. The van der Waals surface area contributed by atoms with Crippen LogP contribution in [0.1, 0.15) is 17.7 Å². The highest BCUT2D eigenvalue weighted by Gasteiger charge is 2.45. The van der Waals surface area contributed by atoms with Crippen LogP contribution in [0.15, 0.2) is 17.5 Å². The Kier molecular flexibility index (Phi) is 1.32. The molecule has 1 aliphatic carbocycles. The van der Waals surface area contributed by atoms with Crippen LogP contribution >= 0.6 is 11.3 Å². The maximum Gasteiger partial charge on any atom is 0.102 e. The topological polar surface area (TPSA) is 9.23 Å². The number of thiophene rings is 1. The van der Waals surface area contributed by atoms with Gasteiger partial charge >= 0.3 is 0 Å². The van der Waals surface area contributed by atoms with Crippen molar-refractivity contribution in [2.45, 2.75) is 18.4 Å². The molecule has 54 valence electrons. The van der Waals surface area contributed by atoms with E-state index in [-0.39, 0.29) is 5.60 Å². The number of rotatable bonds is 2. The lowest BCUT2D eigenvalue weighted by Crippen LogP contribution is -2.05. The fraction of sp³-hybridized carbons (Fsp3) is 0.500. The van der Waals surface area contributed by atoms with Crippen molar-refractivity contribution in [2.24, 2.45) is 0 Å². The van der Waals surface area contributed by atoms with Gasteiger partial charge in [-0.05, 0) is 24.3 Å². The summed E-state index contributed by atoms with van der Waals surface area (Å²) in [4.78, 5) is 1.38. The first-order valence-corrected chi connectivity index (χ1v) is 4.34. The van der Waals surface area contributed by atoms with Gasteiger partial charge in [-0.3, -0.25) is 0 Å². The van der Waals surface area contributed by atoms with E-state index >= 15 is 0 Å². The number of hydrogen-bond acceptors (Lipinski definition) is 2. The molecule has 1 fully saturated rings. The molecule has 1 aromatic heterocycles. The van der Waals surface area contributed by atoms with Gasteiger partial charge in [-0.2, -0.15) is 0 Å². The van der Waals surface area contributed by atoms with Crippen LogP contribution < -0.4 is 0 Å². The third kappa shape index (κ3) is 0.796. The van der Waals surface area contributed by atoms with Gasteiger partial charge in [-0.25, -0.2) is 0 Å². The summed E-state index contributed by atoms with van der Waals surface area (Å²) in [5.41, 5.74) is 0.133. The summed E-state index contributed by atoms with van der Waals surface area (Å²) in [6, 6.07) is 4.24. The molecule has 2 rings (SSSR count). The van der Waals surface area contributed by atoms with E-state index < -0.39 is 0 Å². The van der Waals surface area contributed by atoms with Crippen molar-refractivity contribution in [3.63, 3.8) is 0 Å². The molecule has 0 bridgehead atoms. The van der Waals surface area contributed by atoms with Crippen molar-refractivity contribution in [3.8, 4) is 0 Å². The van der Waals surface area contributed by atoms with E-state index in [2.05, 4.69) is 17.5 Å². The fourth-order valence-corrected chi connectivity index (χ4v) is 2.17. The molecule has 0 saturated heterocycles. The van der Waals surface area contributed by atoms with E-state index in [0.29, 0.717) is 0 Å². The van der Waals surface area contributed by atoms with Gasteiger partial charge < -0.3 is 4.74 Å². The van der Waals surface area contributed by atoms with Crippen molar-refractivity contribution >= 4 is 11.3 Å². The minimum absolute atomic E-state index is 0.133. The first kappa shape index (κ1) is 6.38. The van der Waals surface area contributed by atoms with Gasteiger partial charge in [-0.15, -0.1) is 11.3 Å². The Hall–Kier alpha value is -0.340. The quantitative estimate of drug-likeness (QED) is 0.635. The normalized spacial score (nSPS) is 20.9. The van der Waals surface area contributed by atoms with Gasteiger partial charge in [0.1, 0.15) is 5.60 Å². The second-order valence-electron chi connectivity index (χ2n) is 2.68. The zero-order valence-corrected chi connectivity index (χ0v) is 6.78. The predicted molar refractivity (Wildman–Crippen MR) is 42.2 cm³/mol. The Morgan fingerprint density at radius 2 is 2.40 bits per heavy atom. The van der Waals surface area contributed by atoms with Crippen LogP contribution in [0.25, 0.3) is 0 Å². The average molecular weight is 154 g/mol. The molecule has 1 aromatic rings. The lowest BCUT2D eigenvalue weighted by molar-refractivity contribution is 0.0820. The summed E-state index contributed by atoms with van der Waals surface area (Å²) in [6.45, 7) is 0. The molecule has 0 amide bonds. The van der Waals surface area contributed by atoms with Crippen LogP contribution in [0.5, 0.6) is 0 Å². The summed E-state index contributed by atoms with van der Waals surface area (Å²) in [7, 11) is 1.80. The van der Waals surface area contributed by atoms with Crippen LogP contribution in [0.2, 0.25) is 0 Å². The second-order valence-corrected chi connectivity index (χ2v) is 3.62. The molecular weight excluding hydrogens is 144 g/mol. The Morgan fingerprint density at radius 1 is 1.60 bits per heavy atom. The molecule has 0 spiro atoms. The first-order valence-electron chi connectivity index (χ1n) is 3.46. The minimum Gasteiger partial charge on any atom is -0.373 e. The summed E-state index contributed by atoms with van der Waals surface area (Å²) in [5, 5.41) is 2.11. The molecule has 0 N–H and O–H groups in total. The zero-order chi connectivity index (χ0) is 7.03. The summed E-state index contributed by atoms with van der Waals surface area (Å²) in [5.74, 6) is 0. The molecule has 0 radical (unpaired) electrons. The van der Waals surface area contributed by atoms with Gasteiger partial charge in [0, 0.05) is 12.0 Å². The Labute approximate surface area is 64.6 Å². The monoisotopic (exact) mass is 154 g/mol. The molecule has 0 unspecified atom stereocenters. The summed E-state index contributed by atoms with van der Waals surface area (Å²) in [6.07, 6.45) is 2.40. The van der Waals surface area contributed by atoms with Crippen molar-refractivity contribution in [1.82, 2.24) is 0 Å². The SMILES string of the molecule is COC1(c2cccs2)CC1. The molecule has 1 aliphatic rings. The van der Waals surface area contributed by atoms with Crippen LogP contribution in [-0.2, 0) is 10.3 Å². The van der Waals surface area contributed by atoms with E-state index in [1.165, 1.54) is 17.7 Å². The summed E-state index contributed by atoms with van der Waals surface area (Å²) < 4.78 is 5.40. The van der Waals surface area contributed by atoms with E-state index in [1.54, 1.807) is 18.4 Å². The minimum atomic E-state index is 0.133. The highest BCUT2D eigenvalue weighted by atomic mass is 32.1. The molecule has 0 atom stereocenters. The smallest absolute Gasteiger partial charge is 0.102 e. The van der Waals surface area contributed by atoms with Gasteiger partial charge in [0.25, 0.3) is 0 Å². The van der Waals surface area contributed by atoms with E-state index in [9.17, 15) is 0 Å². The largest absolute Gasteiger partial charge is 0.373 e. The number of ether oxygens (including phenoxy) is 1. The predicted octanol–water partition coefficient (Wildman–Crippen LogP) is 2.38. The van der Waals surface area contributed by atoms with Crippen molar-refractivity contribution in [1.29, 1.82) is 0 Å². The highest BCUT2D eigenvalue weighted by Crippen LogP contribution is 2.50. The average Bonchev–Trinajstić information content (AvgIpc) is 2.58. The molecular formula is C8H10OS. The van der Waals surface area contributed by atoms with E-state index in [0.717, 1.165) is 0 Å². The van der Waals surface area contributed by atoms with Gasteiger partial charge in [0.05, 0.1) is 0 Å². The second kappa shape index (κ2) is 2.07. The standard InChI is InChI=1S/C8H10OS/c1-9-8(4-5-8)7-3-2-6-10-7/h2-3,6H,4-5H2,1H3. The Bertz CT molecular complexity index is 211. The lowest BCUT2D eigenvalue weighted by Gasteiger charge is -2.09. The lowest BCUT2D eigenvalue weighted by atomic mass is 10.3. The molecule has 1 saturated carbocycles. The van der Waals surface area contributed by atoms with E-state index in [1.807, 2.05) is 0 Å². The Morgan fingerprint density at radius 3 is 2.80 bits per heavy atom. The van der Waals surface area contributed by atoms with E-state index in [4.69, 9.17) is 4.74 Å². The molecule has 1 nitrogen and oxygen atoms in total. The molecule has 2 heteroatoms. The molecule has 1 heterocycles. The third-order valence-electron chi connectivity index (χ3n) is 2.07. The number of methoxy groups -OCH3 is 1. The highest BCUT2D eigenvalue weighted by molar-refractivity contribution is 7.10. The summed E-state index contributed by atoms with van der Waals surface area (Å²) >= 11 is 1.79. The molecule has 0 aromatic carbocycles. The van der Waals surface area contributed by atoms with Crippen molar-refractivity contribution in [2.75, 3.05) is 7.11 Å².